The van der Waals surface area contributed by atoms with E-state index in [1.165, 1.54) is 5.57 Å². The van der Waals surface area contributed by atoms with Crippen molar-refractivity contribution in [1.29, 1.82) is 0 Å². The monoisotopic (exact) mass is 184 g/mol. The van der Waals surface area contributed by atoms with Crippen molar-refractivity contribution in [1.82, 2.24) is 5.43 Å². The van der Waals surface area contributed by atoms with Crippen LogP contribution in [0.15, 0.2) is 11.6 Å². The van der Waals surface area contributed by atoms with Crippen LogP contribution in [0.3, 0.4) is 0 Å². The van der Waals surface area contributed by atoms with Gasteiger partial charge >= 0.3 is 0 Å². The summed E-state index contributed by atoms with van der Waals surface area (Å²) in [5.41, 5.74) is 3.96. The van der Waals surface area contributed by atoms with Gasteiger partial charge in [0.1, 0.15) is 0 Å². The van der Waals surface area contributed by atoms with Gasteiger partial charge in [0.15, 0.2) is 0 Å². The van der Waals surface area contributed by atoms with E-state index in [1.54, 1.807) is 0 Å². The first-order valence-electron chi connectivity index (χ1n) is 4.83. The van der Waals surface area contributed by atoms with Gasteiger partial charge in [0.25, 0.3) is 0 Å². The smallest absolute Gasteiger partial charge is 0.0856 e. The van der Waals surface area contributed by atoms with Gasteiger partial charge in [0.2, 0.25) is 0 Å². The first kappa shape index (κ1) is 10.7. The standard InChI is InChI=1S/C10H20N2O/c1-8(2)7-9(12-11)10(3)5-4-6-13-10/h7,9,12H,4-6,11H2,1-3H3. The Balaban J connectivity index is 2.70. The summed E-state index contributed by atoms with van der Waals surface area (Å²) in [6.45, 7) is 7.11. The number of nitrogens with two attached hydrogens (primary N) is 1. The highest BCUT2D eigenvalue weighted by molar-refractivity contribution is 5.08. The van der Waals surface area contributed by atoms with Crippen molar-refractivity contribution in [2.45, 2.75) is 45.3 Å². The number of hydrazine groups is 1. The van der Waals surface area contributed by atoms with E-state index in [9.17, 15) is 0 Å². The summed E-state index contributed by atoms with van der Waals surface area (Å²) in [5, 5.41) is 0. The fourth-order valence-corrected chi connectivity index (χ4v) is 1.78. The number of rotatable bonds is 3. The minimum atomic E-state index is -0.119. The zero-order chi connectivity index (χ0) is 9.90. The Kier molecular flexibility index (Phi) is 3.47. The zero-order valence-electron chi connectivity index (χ0n) is 8.76. The SMILES string of the molecule is CC(C)=CC(NN)C1(C)CCCO1. The maximum atomic E-state index is 5.71. The Morgan fingerprint density at radius 1 is 1.62 bits per heavy atom. The van der Waals surface area contributed by atoms with Gasteiger partial charge in [-0.25, -0.2) is 0 Å². The maximum Gasteiger partial charge on any atom is 0.0856 e. The minimum Gasteiger partial charge on any atom is -0.373 e. The molecule has 2 unspecified atom stereocenters. The first-order valence-corrected chi connectivity index (χ1v) is 4.83. The zero-order valence-corrected chi connectivity index (χ0v) is 8.76. The van der Waals surface area contributed by atoms with Crippen LogP contribution in [0.2, 0.25) is 0 Å². The van der Waals surface area contributed by atoms with Crippen molar-refractivity contribution in [2.75, 3.05) is 6.61 Å². The third-order valence-electron chi connectivity index (χ3n) is 2.59. The van der Waals surface area contributed by atoms with Gasteiger partial charge in [0, 0.05) is 6.61 Å². The van der Waals surface area contributed by atoms with Gasteiger partial charge in [-0.15, -0.1) is 0 Å². The van der Waals surface area contributed by atoms with Crippen molar-refractivity contribution in [3.05, 3.63) is 11.6 Å². The second-order valence-corrected chi connectivity index (χ2v) is 4.15. The molecule has 0 amide bonds. The van der Waals surface area contributed by atoms with Crippen LogP contribution in [0, 0.1) is 0 Å². The van der Waals surface area contributed by atoms with Crippen molar-refractivity contribution in [3.63, 3.8) is 0 Å². The Morgan fingerprint density at radius 3 is 2.69 bits per heavy atom. The van der Waals surface area contributed by atoms with Gasteiger partial charge in [-0.05, 0) is 33.6 Å². The van der Waals surface area contributed by atoms with Crippen LogP contribution in [-0.4, -0.2) is 18.2 Å². The summed E-state index contributed by atoms with van der Waals surface area (Å²) in [6, 6.07) is 0.125. The van der Waals surface area contributed by atoms with Gasteiger partial charge in [-0.2, -0.15) is 0 Å². The summed E-state index contributed by atoms with van der Waals surface area (Å²) >= 11 is 0. The van der Waals surface area contributed by atoms with Crippen LogP contribution < -0.4 is 11.3 Å². The lowest BCUT2D eigenvalue weighted by atomic mass is 9.92. The lowest BCUT2D eigenvalue weighted by Crippen LogP contribution is -2.50. The highest BCUT2D eigenvalue weighted by atomic mass is 16.5. The average Bonchev–Trinajstić information content (AvgIpc) is 2.48. The fraction of sp³-hybridized carbons (Fsp3) is 0.800. The molecule has 0 aromatic heterocycles. The van der Waals surface area contributed by atoms with E-state index >= 15 is 0 Å². The summed E-state index contributed by atoms with van der Waals surface area (Å²) < 4.78 is 5.71. The molecule has 0 bridgehead atoms. The van der Waals surface area contributed by atoms with Crippen LogP contribution in [0.4, 0.5) is 0 Å². The van der Waals surface area contributed by atoms with Crippen molar-refractivity contribution >= 4 is 0 Å². The van der Waals surface area contributed by atoms with E-state index in [0.717, 1.165) is 19.4 Å². The molecular formula is C10H20N2O. The van der Waals surface area contributed by atoms with Gasteiger partial charge in [0.05, 0.1) is 11.6 Å². The molecule has 0 spiro atoms. The van der Waals surface area contributed by atoms with E-state index in [1.807, 2.05) is 0 Å². The minimum absolute atomic E-state index is 0.119. The molecule has 1 aliphatic rings. The lowest BCUT2D eigenvalue weighted by Gasteiger charge is -2.31. The van der Waals surface area contributed by atoms with Gasteiger partial charge in [-0.3, -0.25) is 11.3 Å². The Morgan fingerprint density at radius 2 is 2.31 bits per heavy atom. The van der Waals surface area contributed by atoms with Crippen LogP contribution in [0.25, 0.3) is 0 Å². The third kappa shape index (κ3) is 2.53. The molecule has 2 atom stereocenters. The molecule has 1 saturated heterocycles. The topological polar surface area (TPSA) is 47.3 Å². The average molecular weight is 184 g/mol. The first-order chi connectivity index (χ1) is 6.08. The number of ether oxygens (including phenoxy) is 1. The Labute approximate surface area is 80.3 Å². The molecule has 0 aromatic carbocycles. The number of nitrogens with one attached hydrogen (secondary N) is 1. The van der Waals surface area contributed by atoms with Gasteiger partial charge in [-0.1, -0.05) is 11.6 Å². The van der Waals surface area contributed by atoms with Crippen LogP contribution in [0.1, 0.15) is 33.6 Å². The molecular weight excluding hydrogens is 164 g/mol. The predicted octanol–water partition coefficient (Wildman–Crippen LogP) is 1.35. The van der Waals surface area contributed by atoms with Gasteiger partial charge < -0.3 is 4.74 Å². The van der Waals surface area contributed by atoms with E-state index < -0.39 is 0 Å². The number of hydrogen-bond donors (Lipinski definition) is 2. The molecule has 13 heavy (non-hydrogen) atoms. The third-order valence-corrected chi connectivity index (χ3v) is 2.59. The fourth-order valence-electron chi connectivity index (χ4n) is 1.78. The van der Waals surface area contributed by atoms with E-state index in [0.29, 0.717) is 0 Å². The molecule has 3 nitrogen and oxygen atoms in total. The number of allylic oxidation sites excluding steroid dienone is 1. The molecule has 3 N–H and O–H groups in total. The second-order valence-electron chi connectivity index (χ2n) is 4.15. The molecule has 0 saturated carbocycles. The molecule has 1 rings (SSSR count). The molecule has 1 heterocycles. The van der Waals surface area contributed by atoms with E-state index in [4.69, 9.17) is 10.6 Å². The second kappa shape index (κ2) is 4.22. The molecule has 3 heteroatoms. The van der Waals surface area contributed by atoms with Crippen molar-refractivity contribution in [2.24, 2.45) is 5.84 Å². The molecule has 1 fully saturated rings. The summed E-state index contributed by atoms with van der Waals surface area (Å²) in [7, 11) is 0. The van der Waals surface area contributed by atoms with E-state index in [-0.39, 0.29) is 11.6 Å². The summed E-state index contributed by atoms with van der Waals surface area (Å²) in [6.07, 6.45) is 4.34. The van der Waals surface area contributed by atoms with E-state index in [2.05, 4.69) is 32.3 Å². The Bertz CT molecular complexity index is 191. The van der Waals surface area contributed by atoms with Crippen LogP contribution in [0.5, 0.6) is 0 Å². The molecule has 0 aliphatic carbocycles. The largest absolute Gasteiger partial charge is 0.373 e. The van der Waals surface area contributed by atoms with Crippen LogP contribution in [-0.2, 0) is 4.74 Å². The molecule has 76 valence electrons. The Hall–Kier alpha value is -0.380. The lowest BCUT2D eigenvalue weighted by molar-refractivity contribution is 0.00106. The normalized spacial score (nSPS) is 30.2. The quantitative estimate of drug-likeness (QED) is 0.395. The van der Waals surface area contributed by atoms with Crippen LogP contribution >= 0.6 is 0 Å². The summed E-state index contributed by atoms with van der Waals surface area (Å²) in [5.74, 6) is 5.51. The maximum absolute atomic E-state index is 5.71. The molecule has 0 aromatic rings. The summed E-state index contributed by atoms with van der Waals surface area (Å²) in [4.78, 5) is 0. The van der Waals surface area contributed by atoms with Crippen molar-refractivity contribution in [3.8, 4) is 0 Å². The molecule has 0 radical (unpaired) electrons. The highest BCUT2D eigenvalue weighted by Crippen LogP contribution is 2.29. The highest BCUT2D eigenvalue weighted by Gasteiger charge is 2.36. The van der Waals surface area contributed by atoms with Crippen molar-refractivity contribution < 1.29 is 4.74 Å². The predicted molar refractivity (Wildman–Crippen MR) is 54.1 cm³/mol. The number of hydrogen-bond acceptors (Lipinski definition) is 3. The molecule has 1 aliphatic heterocycles.